The molecule has 2 aliphatic rings. The highest BCUT2D eigenvalue weighted by molar-refractivity contribution is 7.12. The average Bonchev–Trinajstić information content (AvgIpc) is 3.69. The van der Waals surface area contributed by atoms with Crippen LogP contribution in [0.4, 0.5) is 4.79 Å². The van der Waals surface area contributed by atoms with Gasteiger partial charge in [-0.3, -0.25) is 18.7 Å². The van der Waals surface area contributed by atoms with Crippen LogP contribution in [0.2, 0.25) is 0 Å². The molecule has 0 aliphatic carbocycles. The van der Waals surface area contributed by atoms with Gasteiger partial charge in [-0.2, -0.15) is 0 Å². The molecule has 11 heteroatoms. The summed E-state index contributed by atoms with van der Waals surface area (Å²) in [6.07, 6.45) is 4.23. The van der Waals surface area contributed by atoms with Gasteiger partial charge in [-0.25, -0.2) is 9.78 Å². The van der Waals surface area contributed by atoms with Crippen LogP contribution >= 0.6 is 11.3 Å². The van der Waals surface area contributed by atoms with E-state index >= 15 is 0 Å². The number of ether oxygens (including phenoxy) is 1. The zero-order chi connectivity index (χ0) is 31.1. The lowest BCUT2D eigenvalue weighted by Crippen LogP contribution is -2.53. The molecule has 2 saturated heterocycles. The number of likely N-dealkylation sites (tertiary alicyclic amines) is 2. The van der Waals surface area contributed by atoms with Crippen LogP contribution in [0.1, 0.15) is 51.5 Å². The van der Waals surface area contributed by atoms with Crippen molar-refractivity contribution >= 4 is 34.4 Å². The quantitative estimate of drug-likeness (QED) is 0.350. The summed E-state index contributed by atoms with van der Waals surface area (Å²) in [5.41, 5.74) is -0.321. The van der Waals surface area contributed by atoms with Gasteiger partial charge in [0.05, 0.1) is 17.5 Å². The second-order valence-electron chi connectivity index (χ2n) is 12.9. The van der Waals surface area contributed by atoms with Gasteiger partial charge < -0.3 is 19.6 Å². The predicted molar refractivity (Wildman–Crippen MR) is 169 cm³/mol. The Morgan fingerprint density at radius 1 is 1.05 bits per heavy atom. The standard InChI is InChI=1S/C33H39N5O5S/c1-32(2,3)43-31(41)36-15-11-24(26(20-36)23-8-5-4-6-9-23)29(39)35-17-13-33(42,14-18-35)21-37-22-34-28-25(30(37)40)12-16-38(28)27-10-7-19-44-27/h4-10,12,16,19,22,24,26,42H,11,13-15,17-18,20-21H2,1-3H3/t24-,26+/m1/s1. The first-order chi connectivity index (χ1) is 21.0. The fraction of sp³-hybridized carbons (Fsp3) is 0.455. The van der Waals surface area contributed by atoms with Crippen LogP contribution in [0.3, 0.4) is 0 Å². The second kappa shape index (κ2) is 11.9. The van der Waals surface area contributed by atoms with Crippen molar-refractivity contribution < 1.29 is 19.4 Å². The highest BCUT2D eigenvalue weighted by Crippen LogP contribution is 2.36. The summed E-state index contributed by atoms with van der Waals surface area (Å²) in [5, 5.41) is 15.0. The molecule has 0 spiro atoms. The van der Waals surface area contributed by atoms with E-state index in [1.54, 1.807) is 22.3 Å². The molecule has 2 fully saturated rings. The molecule has 2 amide bonds. The lowest BCUT2D eigenvalue weighted by molar-refractivity contribution is -0.142. The van der Waals surface area contributed by atoms with Gasteiger partial charge in [0.25, 0.3) is 5.56 Å². The molecule has 232 valence electrons. The summed E-state index contributed by atoms with van der Waals surface area (Å²) in [4.78, 5) is 48.3. The van der Waals surface area contributed by atoms with Crippen LogP contribution in [-0.4, -0.2) is 78.4 Å². The zero-order valence-corrected chi connectivity index (χ0v) is 26.2. The molecule has 5 heterocycles. The molecular weight excluding hydrogens is 578 g/mol. The number of hydrogen-bond donors (Lipinski definition) is 1. The van der Waals surface area contributed by atoms with Gasteiger partial charge in [0.1, 0.15) is 16.9 Å². The number of fused-ring (bicyclic) bond motifs is 1. The molecule has 6 rings (SSSR count). The molecule has 0 unspecified atom stereocenters. The van der Waals surface area contributed by atoms with Crippen LogP contribution in [-0.2, 0) is 16.1 Å². The summed E-state index contributed by atoms with van der Waals surface area (Å²) >= 11 is 1.57. The highest BCUT2D eigenvalue weighted by atomic mass is 32.1. The predicted octanol–water partition coefficient (Wildman–Crippen LogP) is 4.64. The van der Waals surface area contributed by atoms with E-state index in [9.17, 15) is 19.5 Å². The number of benzene rings is 1. The number of aromatic nitrogens is 3. The Bertz CT molecular complexity index is 1680. The SMILES string of the molecule is CC(C)(C)OC(=O)N1CC[C@@H](C(=O)N2CCC(O)(Cn3cnc4c(ccn4-c4cccs4)c3=O)CC2)[C@H](c2ccccc2)C1. The van der Waals surface area contributed by atoms with Crippen LogP contribution in [0.25, 0.3) is 16.0 Å². The Morgan fingerprint density at radius 2 is 1.80 bits per heavy atom. The number of rotatable bonds is 5. The minimum atomic E-state index is -1.13. The first kappa shape index (κ1) is 30.1. The van der Waals surface area contributed by atoms with E-state index in [1.807, 2.05) is 84.3 Å². The fourth-order valence-corrected chi connectivity index (χ4v) is 7.10. The van der Waals surface area contributed by atoms with Crippen molar-refractivity contribution in [2.45, 2.75) is 63.7 Å². The summed E-state index contributed by atoms with van der Waals surface area (Å²) < 4.78 is 9.01. The largest absolute Gasteiger partial charge is 0.444 e. The molecule has 44 heavy (non-hydrogen) atoms. The van der Waals surface area contributed by atoms with Crippen LogP contribution in [0, 0.1) is 5.92 Å². The maximum Gasteiger partial charge on any atom is 0.410 e. The van der Waals surface area contributed by atoms with E-state index in [0.29, 0.717) is 56.5 Å². The van der Waals surface area contributed by atoms with Crippen molar-refractivity contribution in [3.05, 3.63) is 82.4 Å². The number of carbonyl (C=O) groups is 2. The van der Waals surface area contributed by atoms with E-state index < -0.39 is 11.2 Å². The molecule has 2 aliphatic heterocycles. The van der Waals surface area contributed by atoms with Crippen molar-refractivity contribution in [2.75, 3.05) is 26.2 Å². The maximum atomic E-state index is 14.0. The molecule has 1 N–H and O–H groups in total. The summed E-state index contributed by atoms with van der Waals surface area (Å²) in [6, 6.07) is 15.6. The van der Waals surface area contributed by atoms with Gasteiger partial charge in [0, 0.05) is 44.2 Å². The van der Waals surface area contributed by atoms with Crippen LogP contribution in [0.5, 0.6) is 0 Å². The van der Waals surface area contributed by atoms with Gasteiger partial charge in [0.15, 0.2) is 5.65 Å². The molecule has 0 radical (unpaired) electrons. The number of thiophene rings is 1. The second-order valence-corrected chi connectivity index (χ2v) is 13.9. The Balaban J connectivity index is 1.13. The van der Waals surface area contributed by atoms with E-state index in [2.05, 4.69) is 4.98 Å². The lowest BCUT2D eigenvalue weighted by Gasteiger charge is -2.43. The van der Waals surface area contributed by atoms with Crippen molar-refractivity contribution in [3.63, 3.8) is 0 Å². The fourth-order valence-electron chi connectivity index (χ4n) is 6.38. The Labute approximate surface area is 260 Å². The van der Waals surface area contributed by atoms with Gasteiger partial charge in [0.2, 0.25) is 5.91 Å². The van der Waals surface area contributed by atoms with E-state index in [-0.39, 0.29) is 35.9 Å². The first-order valence-corrected chi connectivity index (χ1v) is 16.0. The maximum absolute atomic E-state index is 14.0. The molecule has 10 nitrogen and oxygen atoms in total. The molecule has 0 saturated carbocycles. The normalized spacial score (nSPS) is 20.5. The summed E-state index contributed by atoms with van der Waals surface area (Å²) in [7, 11) is 0. The number of nitrogens with zero attached hydrogens (tertiary/aromatic N) is 5. The van der Waals surface area contributed by atoms with Gasteiger partial charge >= 0.3 is 6.09 Å². The third-order valence-electron chi connectivity index (χ3n) is 8.69. The topological polar surface area (TPSA) is 110 Å². The monoisotopic (exact) mass is 617 g/mol. The first-order valence-electron chi connectivity index (χ1n) is 15.2. The number of piperidine rings is 2. The van der Waals surface area contributed by atoms with E-state index in [4.69, 9.17) is 4.74 Å². The number of hydrogen-bond acceptors (Lipinski definition) is 7. The molecule has 4 aromatic rings. The Hall–Kier alpha value is -3.96. The third kappa shape index (κ3) is 6.16. The zero-order valence-electron chi connectivity index (χ0n) is 25.4. The van der Waals surface area contributed by atoms with Crippen molar-refractivity contribution in [1.29, 1.82) is 0 Å². The van der Waals surface area contributed by atoms with Gasteiger partial charge in [-0.1, -0.05) is 30.3 Å². The van der Waals surface area contributed by atoms with Crippen molar-refractivity contribution in [3.8, 4) is 5.00 Å². The van der Waals surface area contributed by atoms with E-state index in [1.165, 1.54) is 10.9 Å². The number of carbonyl (C=O) groups excluding carboxylic acids is 2. The Morgan fingerprint density at radius 3 is 2.48 bits per heavy atom. The van der Waals surface area contributed by atoms with Crippen molar-refractivity contribution in [1.82, 2.24) is 23.9 Å². The molecule has 2 atom stereocenters. The van der Waals surface area contributed by atoms with Crippen LogP contribution < -0.4 is 5.56 Å². The summed E-state index contributed by atoms with van der Waals surface area (Å²) in [5.74, 6) is -0.410. The lowest BCUT2D eigenvalue weighted by atomic mass is 9.79. The van der Waals surface area contributed by atoms with E-state index in [0.717, 1.165) is 10.6 Å². The smallest absolute Gasteiger partial charge is 0.410 e. The molecule has 0 bridgehead atoms. The minimum Gasteiger partial charge on any atom is -0.444 e. The summed E-state index contributed by atoms with van der Waals surface area (Å²) in [6.45, 7) is 7.29. The molecule has 3 aromatic heterocycles. The third-order valence-corrected chi connectivity index (χ3v) is 9.56. The Kier molecular flexibility index (Phi) is 8.10. The molecular formula is C33H39N5O5S. The van der Waals surface area contributed by atoms with Gasteiger partial charge in [-0.15, -0.1) is 11.3 Å². The molecule has 1 aromatic carbocycles. The van der Waals surface area contributed by atoms with Crippen LogP contribution in [0.15, 0.2) is 71.2 Å². The van der Waals surface area contributed by atoms with Crippen molar-refractivity contribution in [2.24, 2.45) is 5.92 Å². The van der Waals surface area contributed by atoms with Gasteiger partial charge in [-0.05, 0) is 69.2 Å². The minimum absolute atomic E-state index is 0.0416. The highest BCUT2D eigenvalue weighted by Gasteiger charge is 2.42. The average molecular weight is 618 g/mol. The number of amides is 2. The number of aliphatic hydroxyl groups is 1.